The van der Waals surface area contributed by atoms with E-state index in [2.05, 4.69) is 50.9 Å². The van der Waals surface area contributed by atoms with Crippen molar-refractivity contribution in [1.29, 1.82) is 0 Å². The van der Waals surface area contributed by atoms with Gasteiger partial charge < -0.3 is 30.1 Å². The highest BCUT2D eigenvalue weighted by Gasteiger charge is 2.31. The Morgan fingerprint density at radius 2 is 1.65 bits per heavy atom. The van der Waals surface area contributed by atoms with Crippen LogP contribution in [0.25, 0.3) is 10.9 Å². The number of aliphatic carboxylic acids is 2. The van der Waals surface area contributed by atoms with E-state index in [-0.39, 0.29) is 11.4 Å². The SMILES string of the molecule is Cc1[nH]cnc1CN1CCc2c(c3ccccc3n2Cc2ccccc2)C1=O.O.O=C(O)/C=C\C(=O)O. The molecule has 0 saturated heterocycles. The van der Waals surface area contributed by atoms with Crippen molar-refractivity contribution in [3.8, 4) is 0 Å². The van der Waals surface area contributed by atoms with Crippen LogP contribution < -0.4 is 0 Å². The first kappa shape index (κ1) is 26.9. The Morgan fingerprint density at radius 1 is 1.00 bits per heavy atom. The molecule has 1 amide bonds. The Morgan fingerprint density at radius 3 is 2.27 bits per heavy atom. The smallest absolute Gasteiger partial charge is 0.328 e. The number of hydrogen-bond donors (Lipinski definition) is 3. The van der Waals surface area contributed by atoms with Crippen LogP contribution in [0, 0.1) is 6.92 Å². The maximum Gasteiger partial charge on any atom is 0.328 e. The molecule has 2 aromatic heterocycles. The fourth-order valence-electron chi connectivity index (χ4n) is 4.32. The van der Waals surface area contributed by atoms with Gasteiger partial charge in [0.15, 0.2) is 0 Å². The third-order valence-electron chi connectivity index (χ3n) is 6.03. The molecule has 0 atom stereocenters. The molecule has 0 saturated carbocycles. The van der Waals surface area contributed by atoms with Gasteiger partial charge in [-0.1, -0.05) is 48.5 Å². The average molecular weight is 505 g/mol. The minimum absolute atomic E-state index is 0. The highest BCUT2D eigenvalue weighted by atomic mass is 16.4. The monoisotopic (exact) mass is 504 g/mol. The molecule has 0 spiro atoms. The van der Waals surface area contributed by atoms with Crippen LogP contribution in [0.15, 0.2) is 73.1 Å². The Labute approximate surface area is 212 Å². The van der Waals surface area contributed by atoms with Crippen LogP contribution in [0.2, 0.25) is 0 Å². The lowest BCUT2D eigenvalue weighted by Crippen LogP contribution is -2.37. The van der Waals surface area contributed by atoms with E-state index in [1.54, 1.807) is 6.33 Å². The number of carboxylic acids is 2. The van der Waals surface area contributed by atoms with E-state index in [0.29, 0.717) is 25.2 Å². The molecule has 1 aliphatic rings. The number of rotatable bonds is 6. The van der Waals surface area contributed by atoms with Crippen molar-refractivity contribution in [3.63, 3.8) is 0 Å². The number of carboxylic acid groups (broad SMARTS) is 2. The third-order valence-corrected chi connectivity index (χ3v) is 6.03. The fourth-order valence-corrected chi connectivity index (χ4v) is 4.32. The molecule has 0 unspecified atom stereocenters. The summed E-state index contributed by atoms with van der Waals surface area (Å²) in [5.74, 6) is -2.41. The Kier molecular flexibility index (Phi) is 8.59. The second-order valence-corrected chi connectivity index (χ2v) is 8.37. The topological polar surface area (TPSA) is 160 Å². The number of para-hydroxylation sites is 1. The van der Waals surface area contributed by atoms with Crippen molar-refractivity contribution in [2.45, 2.75) is 26.4 Å². The molecule has 2 aromatic carbocycles. The minimum Gasteiger partial charge on any atom is -0.478 e. The molecular formula is C27H28N4O6. The number of carbonyl (C=O) groups excluding carboxylic acids is 1. The molecule has 5 rings (SSSR count). The predicted octanol–water partition coefficient (Wildman–Crippen LogP) is 2.81. The number of fused-ring (bicyclic) bond motifs is 3. The lowest BCUT2D eigenvalue weighted by Gasteiger charge is -2.27. The van der Waals surface area contributed by atoms with Crippen LogP contribution in [0.1, 0.15) is 33.0 Å². The van der Waals surface area contributed by atoms with Gasteiger partial charge in [0.2, 0.25) is 0 Å². The van der Waals surface area contributed by atoms with Gasteiger partial charge in [-0.2, -0.15) is 0 Å². The van der Waals surface area contributed by atoms with Crippen LogP contribution in [-0.2, 0) is 29.1 Å². The number of imidazole rings is 1. The zero-order chi connectivity index (χ0) is 25.7. The first-order valence-corrected chi connectivity index (χ1v) is 11.4. The van der Waals surface area contributed by atoms with Gasteiger partial charge in [-0.05, 0) is 18.6 Å². The fraction of sp³-hybridized carbons (Fsp3) is 0.185. The standard InChI is InChI=1S/C23H22N4O.C4H4O4.H2O/c1-16-19(25-15-24-16)14-26-12-11-21-22(23(26)28)18-9-5-6-10-20(18)27(21)13-17-7-3-2-4-8-17;5-3(6)1-2-4(7)8;/h2-10,15H,11-14H2,1H3,(H,24,25);1-2H,(H,5,6)(H,7,8);1H2/b;2-1-;. The predicted molar refractivity (Wildman–Crippen MR) is 137 cm³/mol. The van der Waals surface area contributed by atoms with Crippen molar-refractivity contribution in [2.24, 2.45) is 0 Å². The van der Waals surface area contributed by atoms with E-state index >= 15 is 0 Å². The van der Waals surface area contributed by atoms with Crippen LogP contribution in [0.3, 0.4) is 0 Å². The van der Waals surface area contributed by atoms with Crippen molar-refractivity contribution < 1.29 is 30.1 Å². The van der Waals surface area contributed by atoms with E-state index < -0.39 is 11.9 Å². The van der Waals surface area contributed by atoms with Gasteiger partial charge in [-0.25, -0.2) is 14.6 Å². The van der Waals surface area contributed by atoms with Gasteiger partial charge in [0.05, 0.1) is 24.1 Å². The molecule has 192 valence electrons. The largest absolute Gasteiger partial charge is 0.478 e. The Balaban J connectivity index is 0.000000370. The van der Waals surface area contributed by atoms with Crippen molar-refractivity contribution in [3.05, 3.63) is 101 Å². The zero-order valence-electron chi connectivity index (χ0n) is 20.2. The molecule has 10 heteroatoms. The summed E-state index contributed by atoms with van der Waals surface area (Å²) in [5.41, 5.74) is 6.32. The highest BCUT2D eigenvalue weighted by molar-refractivity contribution is 6.09. The Hall–Kier alpha value is -4.70. The number of hydrogen-bond acceptors (Lipinski definition) is 4. The summed E-state index contributed by atoms with van der Waals surface area (Å²) in [4.78, 5) is 41.9. The number of benzene rings is 2. The van der Waals surface area contributed by atoms with E-state index in [1.165, 1.54) is 5.56 Å². The maximum atomic E-state index is 13.4. The summed E-state index contributed by atoms with van der Waals surface area (Å²) >= 11 is 0. The molecule has 0 radical (unpaired) electrons. The van der Waals surface area contributed by atoms with E-state index in [4.69, 9.17) is 10.2 Å². The number of nitrogens with one attached hydrogen (secondary N) is 1. The molecule has 0 aliphatic carbocycles. The quantitative estimate of drug-likeness (QED) is 0.342. The second kappa shape index (κ2) is 11.8. The van der Waals surface area contributed by atoms with Gasteiger partial charge in [0.1, 0.15) is 0 Å². The lowest BCUT2D eigenvalue weighted by atomic mass is 10.0. The number of aromatic amines is 1. The summed E-state index contributed by atoms with van der Waals surface area (Å²) in [7, 11) is 0. The summed E-state index contributed by atoms with van der Waals surface area (Å²) in [6, 6.07) is 18.7. The normalized spacial score (nSPS) is 12.6. The zero-order valence-corrected chi connectivity index (χ0v) is 20.2. The van der Waals surface area contributed by atoms with Gasteiger partial charge in [-0.3, -0.25) is 4.79 Å². The Bertz CT molecular complexity index is 1420. The van der Waals surface area contributed by atoms with Gasteiger partial charge in [0.25, 0.3) is 5.91 Å². The van der Waals surface area contributed by atoms with Crippen LogP contribution in [-0.4, -0.2) is 59.5 Å². The number of amides is 1. The molecule has 10 nitrogen and oxygen atoms in total. The number of aryl methyl sites for hydroxylation is 1. The molecule has 3 heterocycles. The molecule has 37 heavy (non-hydrogen) atoms. The van der Waals surface area contributed by atoms with Crippen molar-refractivity contribution in [1.82, 2.24) is 19.4 Å². The summed E-state index contributed by atoms with van der Waals surface area (Å²) in [6.45, 7) is 4.03. The number of carbonyl (C=O) groups is 3. The van der Waals surface area contributed by atoms with Gasteiger partial charge >= 0.3 is 11.9 Å². The van der Waals surface area contributed by atoms with Crippen LogP contribution in [0.5, 0.6) is 0 Å². The highest BCUT2D eigenvalue weighted by Crippen LogP contribution is 2.32. The van der Waals surface area contributed by atoms with E-state index in [9.17, 15) is 14.4 Å². The molecular weight excluding hydrogens is 476 g/mol. The second-order valence-electron chi connectivity index (χ2n) is 8.37. The summed E-state index contributed by atoms with van der Waals surface area (Å²) in [5, 5.41) is 16.7. The lowest BCUT2D eigenvalue weighted by molar-refractivity contribution is -0.134. The van der Waals surface area contributed by atoms with Gasteiger partial charge in [-0.15, -0.1) is 0 Å². The van der Waals surface area contributed by atoms with Crippen LogP contribution >= 0.6 is 0 Å². The third kappa shape index (κ3) is 6.11. The van der Waals surface area contributed by atoms with Crippen molar-refractivity contribution in [2.75, 3.05) is 6.54 Å². The summed E-state index contributed by atoms with van der Waals surface area (Å²) in [6.07, 6.45) is 3.66. The van der Waals surface area contributed by atoms with Gasteiger partial charge in [0, 0.05) is 54.0 Å². The minimum atomic E-state index is -1.26. The number of aromatic nitrogens is 3. The molecule has 0 fully saturated rings. The number of H-pyrrole nitrogens is 1. The average Bonchev–Trinajstić information content (AvgIpc) is 3.42. The van der Waals surface area contributed by atoms with Crippen LogP contribution in [0.4, 0.5) is 0 Å². The van der Waals surface area contributed by atoms with E-state index in [1.807, 2.05) is 30.0 Å². The van der Waals surface area contributed by atoms with Crippen molar-refractivity contribution >= 4 is 28.7 Å². The molecule has 5 N–H and O–H groups in total. The molecule has 1 aliphatic heterocycles. The molecule has 4 aromatic rings. The van der Waals surface area contributed by atoms with E-state index in [0.717, 1.165) is 46.5 Å². The number of nitrogens with zero attached hydrogens (tertiary/aromatic N) is 3. The summed E-state index contributed by atoms with van der Waals surface area (Å²) < 4.78 is 2.31. The first-order valence-electron chi connectivity index (χ1n) is 11.4. The maximum absolute atomic E-state index is 13.4. The first-order chi connectivity index (χ1) is 17.3. The molecule has 0 bridgehead atoms.